The first kappa shape index (κ1) is 20.4. The van der Waals surface area contributed by atoms with E-state index in [-0.39, 0.29) is 24.8 Å². The normalized spacial score (nSPS) is 22.5. The van der Waals surface area contributed by atoms with E-state index >= 15 is 0 Å². The van der Waals surface area contributed by atoms with Gasteiger partial charge in [-0.3, -0.25) is 5.10 Å². The average molecular weight is 351 g/mol. The first-order valence-electron chi connectivity index (χ1n) is 8.33. The molecule has 2 aromatic rings. The van der Waals surface area contributed by atoms with E-state index in [0.717, 1.165) is 17.2 Å². The van der Waals surface area contributed by atoms with Crippen LogP contribution in [0.1, 0.15) is 48.8 Å². The van der Waals surface area contributed by atoms with Crippen LogP contribution in [0.5, 0.6) is 0 Å². The van der Waals surface area contributed by atoms with Crippen molar-refractivity contribution in [2.75, 3.05) is 12.4 Å². The largest absolute Gasteiger partial charge is 1.00 e. The van der Waals surface area contributed by atoms with Crippen LogP contribution in [0.15, 0.2) is 12.1 Å². The second-order valence-electron chi connectivity index (χ2n) is 6.57. The van der Waals surface area contributed by atoms with Gasteiger partial charge in [0.05, 0.1) is 5.97 Å². The van der Waals surface area contributed by atoms with Crippen molar-refractivity contribution in [2.24, 2.45) is 0 Å². The molecule has 0 amide bonds. The maximum Gasteiger partial charge on any atom is 1.00 e. The number of hydrogen-bond acceptors (Lipinski definition) is 7. The monoisotopic (exact) mass is 351 g/mol. The first-order valence-corrected chi connectivity index (χ1v) is 8.33. The van der Waals surface area contributed by atoms with Crippen LogP contribution in [-0.4, -0.2) is 38.8 Å². The van der Waals surface area contributed by atoms with Crippen molar-refractivity contribution in [3.63, 3.8) is 0 Å². The summed E-state index contributed by atoms with van der Waals surface area (Å²) < 4.78 is 5.23. The zero-order chi connectivity index (χ0) is 18.0. The molecule has 1 aliphatic rings. The number of ether oxygens (including phenoxy) is 1. The number of aryl methyl sites for hydroxylation is 2. The summed E-state index contributed by atoms with van der Waals surface area (Å²) in [6.07, 6.45) is 2.09. The Morgan fingerprint density at radius 3 is 2.50 bits per heavy atom. The third-order valence-electron chi connectivity index (χ3n) is 4.75. The van der Waals surface area contributed by atoms with Gasteiger partial charge in [-0.1, -0.05) is 0 Å². The third kappa shape index (κ3) is 4.26. The zero-order valence-electron chi connectivity index (χ0n) is 15.6. The summed E-state index contributed by atoms with van der Waals surface area (Å²) in [7, 11) is 1.42. The number of rotatable bonds is 5. The predicted molar refractivity (Wildman–Crippen MR) is 89.3 cm³/mol. The number of anilines is 2. The van der Waals surface area contributed by atoms with Crippen LogP contribution in [0.2, 0.25) is 0 Å². The smallest absolute Gasteiger partial charge is 0.547 e. The number of nitrogens with one attached hydrogen (secondary N) is 2. The van der Waals surface area contributed by atoms with Gasteiger partial charge in [0, 0.05) is 36.5 Å². The van der Waals surface area contributed by atoms with Crippen molar-refractivity contribution in [1.82, 2.24) is 20.2 Å². The van der Waals surface area contributed by atoms with Crippen LogP contribution in [0.3, 0.4) is 0 Å². The molecule has 2 heterocycles. The first-order chi connectivity index (χ1) is 11.9. The molecule has 0 spiro atoms. The summed E-state index contributed by atoms with van der Waals surface area (Å²) >= 11 is 0. The van der Waals surface area contributed by atoms with E-state index in [1.54, 1.807) is 0 Å². The maximum atomic E-state index is 11.4. The molecule has 26 heavy (non-hydrogen) atoms. The summed E-state index contributed by atoms with van der Waals surface area (Å²) in [5.41, 5.74) is 0.621. The Labute approximate surface area is 164 Å². The van der Waals surface area contributed by atoms with Crippen molar-refractivity contribution >= 4 is 17.6 Å². The van der Waals surface area contributed by atoms with Crippen LogP contribution >= 0.6 is 0 Å². The van der Waals surface area contributed by atoms with E-state index in [9.17, 15) is 9.90 Å². The number of carboxylic acid groups (broad SMARTS) is 1. The molecule has 2 N–H and O–H groups in total. The molecule has 0 bridgehead atoms. The molecule has 0 aliphatic heterocycles. The zero-order valence-corrected chi connectivity index (χ0v) is 15.6. The SMILES string of the molecule is COC1(C(=O)[O-])CCC(c2nc(C)cc(Nc3cc(C)[nH]n3)n2)CC1.[Li+]. The molecular formula is C17H22LiN5O3. The number of carboxylic acids is 1. The van der Waals surface area contributed by atoms with Gasteiger partial charge in [-0.25, -0.2) is 9.97 Å². The Hall–Kier alpha value is -1.88. The standard InChI is InChI=1S/C17H23N5O3.Li/c1-10-8-13(19-14-9-11(2)21-22-14)20-15(18-10)12-4-6-17(25-3,7-5-12)16(23)24;/h8-9,12H,4-7H2,1-3H3,(H,23,24)(H2,18,19,20,21,22);/q;+1/p-1. The van der Waals surface area contributed by atoms with Crippen molar-refractivity contribution in [3.8, 4) is 0 Å². The Balaban J connectivity index is 0.00000243. The van der Waals surface area contributed by atoms with Crippen LogP contribution in [0.4, 0.5) is 11.6 Å². The summed E-state index contributed by atoms with van der Waals surface area (Å²) in [5.74, 6) is 1.05. The van der Waals surface area contributed by atoms with E-state index in [0.29, 0.717) is 37.3 Å². The second-order valence-corrected chi connectivity index (χ2v) is 6.57. The van der Waals surface area contributed by atoms with Crippen molar-refractivity contribution in [1.29, 1.82) is 0 Å². The number of nitrogens with zero attached hydrogens (tertiary/aromatic N) is 3. The molecule has 1 fully saturated rings. The molecule has 8 nitrogen and oxygen atoms in total. The van der Waals surface area contributed by atoms with Crippen molar-refractivity contribution < 1.29 is 33.5 Å². The van der Waals surface area contributed by atoms with Crippen LogP contribution in [-0.2, 0) is 9.53 Å². The van der Waals surface area contributed by atoms with Crippen LogP contribution in [0.25, 0.3) is 0 Å². The third-order valence-corrected chi connectivity index (χ3v) is 4.75. The molecule has 3 rings (SSSR count). The number of H-pyrrole nitrogens is 1. The van der Waals surface area contributed by atoms with Gasteiger partial charge in [0.2, 0.25) is 0 Å². The number of aromatic nitrogens is 4. The molecule has 0 atom stereocenters. The summed E-state index contributed by atoms with van der Waals surface area (Å²) in [6.45, 7) is 3.84. The van der Waals surface area contributed by atoms with Crippen LogP contribution in [0, 0.1) is 13.8 Å². The van der Waals surface area contributed by atoms with Gasteiger partial charge >= 0.3 is 18.9 Å². The quantitative estimate of drug-likeness (QED) is 0.621. The molecule has 0 aromatic carbocycles. The number of methoxy groups -OCH3 is 1. The molecule has 1 saturated carbocycles. The van der Waals surface area contributed by atoms with Crippen molar-refractivity contribution in [2.45, 2.75) is 51.0 Å². The molecule has 2 aromatic heterocycles. The fourth-order valence-electron chi connectivity index (χ4n) is 3.29. The van der Waals surface area contributed by atoms with Crippen LogP contribution < -0.4 is 29.3 Å². The number of aliphatic carboxylic acids is 1. The van der Waals surface area contributed by atoms with Gasteiger partial charge < -0.3 is 20.0 Å². The van der Waals surface area contributed by atoms with E-state index in [1.807, 2.05) is 26.0 Å². The predicted octanol–water partition coefficient (Wildman–Crippen LogP) is -1.64. The molecular weight excluding hydrogens is 329 g/mol. The van der Waals surface area contributed by atoms with Gasteiger partial charge in [0.1, 0.15) is 17.2 Å². The Kier molecular flexibility index (Phi) is 6.45. The molecule has 9 heteroatoms. The average Bonchev–Trinajstić information content (AvgIpc) is 2.99. The summed E-state index contributed by atoms with van der Waals surface area (Å²) in [6, 6.07) is 3.75. The molecule has 134 valence electrons. The summed E-state index contributed by atoms with van der Waals surface area (Å²) in [4.78, 5) is 20.5. The minimum Gasteiger partial charge on any atom is -0.547 e. The van der Waals surface area contributed by atoms with E-state index in [4.69, 9.17) is 4.74 Å². The molecule has 0 unspecified atom stereocenters. The number of carbonyl (C=O) groups excluding carboxylic acids is 1. The minimum absolute atomic E-state index is 0. The Morgan fingerprint density at radius 1 is 1.27 bits per heavy atom. The minimum atomic E-state index is -1.19. The van der Waals surface area contributed by atoms with E-state index < -0.39 is 11.6 Å². The van der Waals surface area contributed by atoms with E-state index in [2.05, 4.69) is 25.5 Å². The topological polar surface area (TPSA) is 116 Å². The molecule has 0 radical (unpaired) electrons. The molecule has 0 saturated heterocycles. The van der Waals surface area contributed by atoms with Gasteiger partial charge in [0.15, 0.2) is 5.82 Å². The second kappa shape index (κ2) is 8.21. The van der Waals surface area contributed by atoms with E-state index in [1.165, 1.54) is 7.11 Å². The number of aromatic amines is 1. The van der Waals surface area contributed by atoms with Gasteiger partial charge in [-0.15, -0.1) is 0 Å². The Bertz CT molecular complexity index is 772. The van der Waals surface area contributed by atoms with Gasteiger partial charge in [0.25, 0.3) is 0 Å². The number of hydrogen-bond donors (Lipinski definition) is 2. The van der Waals surface area contributed by atoms with Crippen molar-refractivity contribution in [3.05, 3.63) is 29.3 Å². The number of carbonyl (C=O) groups is 1. The fraction of sp³-hybridized carbons (Fsp3) is 0.529. The summed E-state index contributed by atoms with van der Waals surface area (Å²) in [5, 5.41) is 21.6. The fourth-order valence-corrected chi connectivity index (χ4v) is 3.29. The molecule has 1 aliphatic carbocycles. The maximum absolute atomic E-state index is 11.4. The Morgan fingerprint density at radius 2 is 1.96 bits per heavy atom. The van der Waals surface area contributed by atoms with Gasteiger partial charge in [-0.2, -0.15) is 5.10 Å². The van der Waals surface area contributed by atoms with Gasteiger partial charge in [-0.05, 0) is 39.5 Å².